The van der Waals surface area contributed by atoms with Gasteiger partial charge >= 0.3 is 0 Å². The van der Waals surface area contributed by atoms with Crippen LogP contribution >= 0.6 is 11.8 Å². The van der Waals surface area contributed by atoms with Crippen molar-refractivity contribution in [1.82, 2.24) is 10.2 Å². The molecule has 0 aliphatic carbocycles. The predicted molar refractivity (Wildman–Crippen MR) is 59.5 cm³/mol. The molecule has 2 unspecified atom stereocenters. The fourth-order valence-corrected chi connectivity index (χ4v) is 3.41. The first-order valence-corrected chi connectivity index (χ1v) is 6.43. The van der Waals surface area contributed by atoms with Gasteiger partial charge in [0.05, 0.1) is 5.25 Å². The van der Waals surface area contributed by atoms with Crippen molar-refractivity contribution in [3.63, 3.8) is 0 Å². The van der Waals surface area contributed by atoms with E-state index in [0.717, 1.165) is 31.7 Å². The zero-order valence-corrected chi connectivity index (χ0v) is 9.48. The molecule has 0 aromatic heterocycles. The number of hydrogen-bond donors (Lipinski definition) is 1. The van der Waals surface area contributed by atoms with Crippen molar-refractivity contribution in [2.45, 2.75) is 30.6 Å². The first kappa shape index (κ1) is 10.3. The molecular formula is C10H18N2OS. The number of carbonyl (C=O) groups excluding carboxylic acids is 1. The minimum absolute atomic E-state index is 0.251. The van der Waals surface area contributed by atoms with E-state index in [2.05, 4.69) is 5.32 Å². The van der Waals surface area contributed by atoms with Gasteiger partial charge in [0.15, 0.2) is 0 Å². The van der Waals surface area contributed by atoms with Crippen LogP contribution in [0, 0.1) is 0 Å². The van der Waals surface area contributed by atoms with Crippen molar-refractivity contribution in [1.29, 1.82) is 0 Å². The van der Waals surface area contributed by atoms with Gasteiger partial charge in [-0.15, -0.1) is 11.8 Å². The van der Waals surface area contributed by atoms with Gasteiger partial charge in [0.1, 0.15) is 0 Å². The molecule has 2 saturated heterocycles. The van der Waals surface area contributed by atoms with Crippen molar-refractivity contribution in [2.24, 2.45) is 0 Å². The smallest absolute Gasteiger partial charge is 0.235 e. The fourth-order valence-electron chi connectivity index (χ4n) is 2.15. The summed E-state index contributed by atoms with van der Waals surface area (Å²) in [6, 6.07) is 0.434. The molecule has 0 radical (unpaired) electrons. The van der Waals surface area contributed by atoms with Gasteiger partial charge in [-0.2, -0.15) is 0 Å². The molecule has 2 aliphatic heterocycles. The highest BCUT2D eigenvalue weighted by Gasteiger charge is 2.30. The summed E-state index contributed by atoms with van der Waals surface area (Å²) >= 11 is 1.83. The van der Waals surface area contributed by atoms with E-state index in [1.807, 2.05) is 23.7 Å². The molecule has 2 rings (SSSR count). The highest BCUT2D eigenvalue weighted by atomic mass is 32.2. The Morgan fingerprint density at radius 2 is 2.36 bits per heavy atom. The number of nitrogens with zero attached hydrogens (tertiary/aromatic N) is 1. The largest absolute Gasteiger partial charge is 0.340 e. The van der Waals surface area contributed by atoms with Crippen LogP contribution in [0.15, 0.2) is 0 Å². The summed E-state index contributed by atoms with van der Waals surface area (Å²) in [6.45, 7) is 2.03. The van der Waals surface area contributed by atoms with E-state index in [9.17, 15) is 4.79 Å². The molecule has 0 bridgehead atoms. The van der Waals surface area contributed by atoms with Gasteiger partial charge in [0.25, 0.3) is 0 Å². The van der Waals surface area contributed by atoms with Crippen LogP contribution in [0.25, 0.3) is 0 Å². The minimum atomic E-state index is 0.251. The molecule has 0 aromatic carbocycles. The molecule has 0 spiro atoms. The normalized spacial score (nSPS) is 32.1. The molecular weight excluding hydrogens is 196 g/mol. The van der Waals surface area contributed by atoms with E-state index >= 15 is 0 Å². The lowest BCUT2D eigenvalue weighted by atomic mass is 10.2. The predicted octanol–water partition coefficient (Wildman–Crippen LogP) is 0.702. The van der Waals surface area contributed by atoms with Crippen molar-refractivity contribution in [3.8, 4) is 0 Å². The topological polar surface area (TPSA) is 32.3 Å². The molecule has 0 saturated carbocycles. The summed E-state index contributed by atoms with van der Waals surface area (Å²) < 4.78 is 0. The number of carbonyl (C=O) groups is 1. The van der Waals surface area contributed by atoms with Gasteiger partial charge in [-0.25, -0.2) is 0 Å². The van der Waals surface area contributed by atoms with Gasteiger partial charge in [-0.05, 0) is 31.6 Å². The van der Waals surface area contributed by atoms with Crippen LogP contribution in [0.2, 0.25) is 0 Å². The molecule has 2 heterocycles. The molecule has 2 atom stereocenters. The molecule has 1 N–H and O–H groups in total. The van der Waals surface area contributed by atoms with Crippen LogP contribution in [0.4, 0.5) is 0 Å². The lowest BCUT2D eigenvalue weighted by Crippen LogP contribution is -2.42. The van der Waals surface area contributed by atoms with Crippen molar-refractivity contribution >= 4 is 17.7 Å². The van der Waals surface area contributed by atoms with Crippen molar-refractivity contribution in [3.05, 3.63) is 0 Å². The maximum atomic E-state index is 12.0. The Bertz CT molecular complexity index is 210. The second-order valence-corrected chi connectivity index (χ2v) is 5.41. The highest BCUT2D eigenvalue weighted by molar-refractivity contribution is 8.00. The Morgan fingerprint density at radius 1 is 1.50 bits per heavy atom. The maximum absolute atomic E-state index is 12.0. The van der Waals surface area contributed by atoms with Gasteiger partial charge in [-0.1, -0.05) is 0 Å². The van der Waals surface area contributed by atoms with Gasteiger partial charge in [0.2, 0.25) is 5.91 Å². The third-order valence-corrected chi connectivity index (χ3v) is 4.50. The zero-order chi connectivity index (χ0) is 9.97. The average molecular weight is 214 g/mol. The number of nitrogens with one attached hydrogen (secondary N) is 1. The quantitative estimate of drug-likeness (QED) is 0.734. The minimum Gasteiger partial charge on any atom is -0.340 e. The summed E-state index contributed by atoms with van der Waals surface area (Å²) in [5.74, 6) is 1.51. The number of rotatable bonds is 2. The molecule has 14 heavy (non-hydrogen) atoms. The first-order chi connectivity index (χ1) is 6.79. The Kier molecular flexibility index (Phi) is 3.34. The van der Waals surface area contributed by atoms with Gasteiger partial charge in [0, 0.05) is 19.6 Å². The van der Waals surface area contributed by atoms with Crippen LogP contribution in [0.5, 0.6) is 0 Å². The van der Waals surface area contributed by atoms with E-state index in [1.54, 1.807) is 0 Å². The summed E-state index contributed by atoms with van der Waals surface area (Å²) in [4.78, 5) is 14.0. The molecule has 80 valence electrons. The van der Waals surface area contributed by atoms with Crippen LogP contribution in [-0.2, 0) is 4.79 Å². The van der Waals surface area contributed by atoms with E-state index in [-0.39, 0.29) is 5.25 Å². The van der Waals surface area contributed by atoms with Crippen LogP contribution in [-0.4, -0.2) is 48.0 Å². The monoisotopic (exact) mass is 214 g/mol. The second kappa shape index (κ2) is 4.53. The second-order valence-electron chi connectivity index (χ2n) is 4.10. The Morgan fingerprint density at radius 3 is 2.93 bits per heavy atom. The molecule has 1 amide bonds. The fraction of sp³-hybridized carbons (Fsp3) is 0.900. The highest BCUT2D eigenvalue weighted by Crippen LogP contribution is 2.28. The SMILES string of the molecule is CN(C(=O)C1CCCS1)C1CCNC1. The first-order valence-electron chi connectivity index (χ1n) is 5.38. The molecule has 4 heteroatoms. The van der Waals surface area contributed by atoms with Crippen LogP contribution in [0.3, 0.4) is 0 Å². The Labute approximate surface area is 89.6 Å². The molecule has 0 aromatic rings. The molecule has 2 fully saturated rings. The number of likely N-dealkylation sites (N-methyl/N-ethyl adjacent to an activating group) is 1. The van der Waals surface area contributed by atoms with Crippen LogP contribution in [0.1, 0.15) is 19.3 Å². The van der Waals surface area contributed by atoms with E-state index in [0.29, 0.717) is 11.9 Å². The third kappa shape index (κ3) is 2.06. The third-order valence-electron chi connectivity index (χ3n) is 3.13. The van der Waals surface area contributed by atoms with E-state index in [4.69, 9.17) is 0 Å². The Balaban J connectivity index is 1.89. The standard InChI is InChI=1S/C10H18N2OS/c1-12(8-4-5-11-7-8)10(13)9-3-2-6-14-9/h8-9,11H,2-7H2,1H3. The van der Waals surface area contributed by atoms with E-state index < -0.39 is 0 Å². The van der Waals surface area contributed by atoms with Gasteiger partial charge < -0.3 is 10.2 Å². The molecule has 3 nitrogen and oxygen atoms in total. The van der Waals surface area contributed by atoms with E-state index in [1.165, 1.54) is 6.42 Å². The van der Waals surface area contributed by atoms with Crippen LogP contribution < -0.4 is 5.32 Å². The lowest BCUT2D eigenvalue weighted by Gasteiger charge is -2.26. The van der Waals surface area contributed by atoms with Crippen molar-refractivity contribution in [2.75, 3.05) is 25.9 Å². The number of thioether (sulfide) groups is 1. The summed E-state index contributed by atoms with van der Waals surface area (Å²) in [5, 5.41) is 3.55. The van der Waals surface area contributed by atoms with Crippen molar-refractivity contribution < 1.29 is 4.79 Å². The maximum Gasteiger partial charge on any atom is 0.235 e. The van der Waals surface area contributed by atoms with Gasteiger partial charge in [-0.3, -0.25) is 4.79 Å². The number of hydrogen-bond acceptors (Lipinski definition) is 3. The summed E-state index contributed by atoms with van der Waals surface area (Å²) in [5.41, 5.74) is 0. The summed E-state index contributed by atoms with van der Waals surface area (Å²) in [6.07, 6.45) is 3.39. The average Bonchev–Trinajstić information content (AvgIpc) is 2.87. The number of amides is 1. The lowest BCUT2D eigenvalue weighted by molar-refractivity contribution is -0.131. The Hall–Kier alpha value is -0.220. The molecule has 2 aliphatic rings. The zero-order valence-electron chi connectivity index (χ0n) is 8.66. The summed E-state index contributed by atoms with van der Waals surface area (Å²) in [7, 11) is 1.96.